The number of carbonyl (C=O) groups is 2. The number of ketones is 1. The summed E-state index contributed by atoms with van der Waals surface area (Å²) in [5.74, 6) is 0.412. The van der Waals surface area contributed by atoms with Crippen LogP contribution < -0.4 is 0 Å². The number of carbonyl (C=O) groups excluding carboxylic acids is 2. The Labute approximate surface area is 91.2 Å². The van der Waals surface area contributed by atoms with Crippen LogP contribution in [0.4, 0.5) is 0 Å². The normalized spacial score (nSPS) is 20.1. The average Bonchev–Trinajstić information content (AvgIpc) is 2.27. The van der Waals surface area contributed by atoms with Crippen molar-refractivity contribution < 1.29 is 9.59 Å². The molecule has 0 N–H and O–H groups in total. The zero-order valence-corrected chi connectivity index (χ0v) is 9.82. The molecule has 1 aliphatic heterocycles. The van der Waals surface area contributed by atoms with Gasteiger partial charge in [-0.2, -0.15) is 0 Å². The molecule has 0 saturated carbocycles. The van der Waals surface area contributed by atoms with Crippen LogP contribution >= 0.6 is 0 Å². The molecule has 1 saturated heterocycles. The third kappa shape index (κ3) is 3.02. The summed E-state index contributed by atoms with van der Waals surface area (Å²) in [6.07, 6.45) is 0.591. The van der Waals surface area contributed by atoms with Crippen molar-refractivity contribution in [2.45, 2.75) is 33.2 Å². The van der Waals surface area contributed by atoms with Crippen molar-refractivity contribution in [1.29, 1.82) is 0 Å². The highest BCUT2D eigenvalue weighted by Gasteiger charge is 2.25. The summed E-state index contributed by atoms with van der Waals surface area (Å²) in [5.41, 5.74) is 0. The second kappa shape index (κ2) is 5.26. The molecular weight excluding hydrogens is 192 g/mol. The number of Topliss-reactive ketones (excluding diaryl/α,β-unsaturated/α-hetero) is 1. The van der Waals surface area contributed by atoms with Crippen molar-refractivity contribution in [3.63, 3.8) is 0 Å². The van der Waals surface area contributed by atoms with Gasteiger partial charge in [0, 0.05) is 39.5 Å². The highest BCUT2D eigenvalue weighted by atomic mass is 16.2. The van der Waals surface area contributed by atoms with Crippen LogP contribution in [0, 0.1) is 0 Å². The highest BCUT2D eigenvalue weighted by molar-refractivity contribution is 5.83. The first-order chi connectivity index (χ1) is 7.06. The number of nitrogens with zero attached hydrogens (tertiary/aromatic N) is 2. The van der Waals surface area contributed by atoms with Gasteiger partial charge in [0.05, 0.1) is 6.04 Å². The van der Waals surface area contributed by atoms with Gasteiger partial charge >= 0.3 is 0 Å². The molecule has 0 spiro atoms. The first-order valence-electron chi connectivity index (χ1n) is 5.58. The van der Waals surface area contributed by atoms with Crippen LogP contribution in [0.25, 0.3) is 0 Å². The monoisotopic (exact) mass is 212 g/mol. The van der Waals surface area contributed by atoms with E-state index in [1.165, 1.54) is 0 Å². The molecule has 1 heterocycles. The fraction of sp³-hybridized carbons (Fsp3) is 0.818. The number of amides is 1. The summed E-state index contributed by atoms with van der Waals surface area (Å²) in [5, 5.41) is 0. The Hall–Kier alpha value is -0.900. The summed E-state index contributed by atoms with van der Waals surface area (Å²) >= 11 is 0. The maximum Gasteiger partial charge on any atom is 0.219 e. The molecule has 1 aliphatic rings. The minimum absolute atomic E-state index is 0.00380. The predicted octanol–water partition coefficient (Wildman–Crippen LogP) is 0.518. The van der Waals surface area contributed by atoms with Crippen molar-refractivity contribution >= 4 is 11.7 Å². The standard InChI is InChI=1S/C11H20N2O2/c1-4-11(15)9(2)12-5-7-13(8-6-12)10(3)14/h9H,4-8H2,1-3H3. The summed E-state index contributed by atoms with van der Waals surface area (Å²) in [6, 6.07) is 0.00380. The molecule has 0 aliphatic carbocycles. The second-order valence-electron chi connectivity index (χ2n) is 4.04. The van der Waals surface area contributed by atoms with E-state index in [1.807, 2.05) is 18.7 Å². The summed E-state index contributed by atoms with van der Waals surface area (Å²) in [6.45, 7) is 8.56. The summed E-state index contributed by atoms with van der Waals surface area (Å²) in [7, 11) is 0. The Morgan fingerprint density at radius 1 is 1.20 bits per heavy atom. The van der Waals surface area contributed by atoms with E-state index in [4.69, 9.17) is 0 Å². The molecule has 0 aromatic carbocycles. The largest absolute Gasteiger partial charge is 0.340 e. The van der Waals surface area contributed by atoms with Crippen LogP contribution in [-0.4, -0.2) is 53.7 Å². The molecule has 0 radical (unpaired) electrons. The van der Waals surface area contributed by atoms with E-state index < -0.39 is 0 Å². The van der Waals surface area contributed by atoms with Gasteiger partial charge in [0.25, 0.3) is 0 Å². The third-order valence-corrected chi connectivity index (χ3v) is 3.12. The molecule has 1 fully saturated rings. The Bertz CT molecular complexity index is 245. The Morgan fingerprint density at radius 2 is 1.73 bits per heavy atom. The first-order valence-corrected chi connectivity index (χ1v) is 5.58. The molecular formula is C11H20N2O2. The van der Waals surface area contributed by atoms with Crippen molar-refractivity contribution in [2.24, 2.45) is 0 Å². The summed E-state index contributed by atoms with van der Waals surface area (Å²) in [4.78, 5) is 26.6. The van der Waals surface area contributed by atoms with Gasteiger partial charge in [0.2, 0.25) is 5.91 Å². The lowest BCUT2D eigenvalue weighted by atomic mass is 10.1. The average molecular weight is 212 g/mol. The van der Waals surface area contributed by atoms with Crippen LogP contribution in [0.3, 0.4) is 0 Å². The lowest BCUT2D eigenvalue weighted by Crippen LogP contribution is -2.52. The number of rotatable bonds is 3. The quantitative estimate of drug-likeness (QED) is 0.684. The Morgan fingerprint density at radius 3 is 2.13 bits per heavy atom. The van der Waals surface area contributed by atoms with Gasteiger partial charge in [-0.15, -0.1) is 0 Å². The smallest absolute Gasteiger partial charge is 0.219 e. The molecule has 0 bridgehead atoms. The van der Waals surface area contributed by atoms with Crippen LogP contribution in [-0.2, 0) is 9.59 Å². The highest BCUT2D eigenvalue weighted by Crippen LogP contribution is 2.08. The molecule has 4 nitrogen and oxygen atoms in total. The van der Waals surface area contributed by atoms with Gasteiger partial charge in [0.1, 0.15) is 5.78 Å². The van der Waals surface area contributed by atoms with E-state index in [-0.39, 0.29) is 17.7 Å². The van der Waals surface area contributed by atoms with E-state index in [0.29, 0.717) is 6.42 Å². The molecule has 15 heavy (non-hydrogen) atoms. The maximum absolute atomic E-state index is 11.5. The molecule has 0 aromatic rings. The minimum atomic E-state index is 0.00380. The van der Waals surface area contributed by atoms with Gasteiger partial charge in [-0.25, -0.2) is 0 Å². The minimum Gasteiger partial charge on any atom is -0.340 e. The van der Waals surface area contributed by atoms with Crippen LogP contribution in [0.1, 0.15) is 27.2 Å². The predicted molar refractivity (Wildman–Crippen MR) is 58.6 cm³/mol. The zero-order valence-electron chi connectivity index (χ0n) is 9.82. The molecule has 86 valence electrons. The fourth-order valence-electron chi connectivity index (χ4n) is 1.92. The fourth-order valence-corrected chi connectivity index (χ4v) is 1.92. The second-order valence-corrected chi connectivity index (χ2v) is 4.04. The van der Waals surface area contributed by atoms with Gasteiger partial charge < -0.3 is 4.90 Å². The molecule has 1 atom stereocenters. The van der Waals surface area contributed by atoms with Gasteiger partial charge in [-0.3, -0.25) is 14.5 Å². The molecule has 1 rings (SSSR count). The summed E-state index contributed by atoms with van der Waals surface area (Å²) < 4.78 is 0. The molecule has 0 aromatic heterocycles. The Balaban J connectivity index is 2.43. The Kier molecular flexibility index (Phi) is 4.27. The number of hydrogen-bond acceptors (Lipinski definition) is 3. The lowest BCUT2D eigenvalue weighted by Gasteiger charge is -2.37. The maximum atomic E-state index is 11.5. The van der Waals surface area contributed by atoms with Crippen LogP contribution in [0.15, 0.2) is 0 Å². The topological polar surface area (TPSA) is 40.6 Å². The van der Waals surface area contributed by atoms with Crippen molar-refractivity contribution in [2.75, 3.05) is 26.2 Å². The van der Waals surface area contributed by atoms with Gasteiger partial charge in [-0.05, 0) is 6.92 Å². The van der Waals surface area contributed by atoms with E-state index in [0.717, 1.165) is 26.2 Å². The molecule has 1 amide bonds. The third-order valence-electron chi connectivity index (χ3n) is 3.12. The number of hydrogen-bond donors (Lipinski definition) is 0. The van der Waals surface area contributed by atoms with Crippen LogP contribution in [0.5, 0.6) is 0 Å². The lowest BCUT2D eigenvalue weighted by molar-refractivity contribution is -0.131. The zero-order chi connectivity index (χ0) is 11.4. The van der Waals surface area contributed by atoms with E-state index in [9.17, 15) is 9.59 Å². The van der Waals surface area contributed by atoms with Crippen LogP contribution in [0.2, 0.25) is 0 Å². The van der Waals surface area contributed by atoms with Gasteiger partial charge in [-0.1, -0.05) is 6.92 Å². The first kappa shape index (κ1) is 12.2. The van der Waals surface area contributed by atoms with E-state index in [2.05, 4.69) is 4.90 Å². The van der Waals surface area contributed by atoms with Crippen molar-refractivity contribution in [1.82, 2.24) is 9.80 Å². The van der Waals surface area contributed by atoms with Gasteiger partial charge in [0.15, 0.2) is 0 Å². The van der Waals surface area contributed by atoms with E-state index >= 15 is 0 Å². The van der Waals surface area contributed by atoms with Crippen molar-refractivity contribution in [3.8, 4) is 0 Å². The van der Waals surface area contributed by atoms with E-state index in [1.54, 1.807) is 6.92 Å². The number of piperazine rings is 1. The SMILES string of the molecule is CCC(=O)C(C)N1CCN(C(C)=O)CC1. The molecule has 4 heteroatoms. The van der Waals surface area contributed by atoms with Crippen molar-refractivity contribution in [3.05, 3.63) is 0 Å². The molecule has 1 unspecified atom stereocenters.